The molecule has 3 heteroatoms. The summed E-state index contributed by atoms with van der Waals surface area (Å²) in [6.07, 6.45) is 2.06. The molecule has 1 aromatic rings. The van der Waals surface area contributed by atoms with Crippen molar-refractivity contribution in [1.29, 1.82) is 0 Å². The van der Waals surface area contributed by atoms with Crippen molar-refractivity contribution in [2.24, 2.45) is 0 Å². The molecule has 70 valence electrons. The van der Waals surface area contributed by atoms with Crippen molar-refractivity contribution in [3.8, 4) is 5.75 Å². The van der Waals surface area contributed by atoms with E-state index >= 15 is 0 Å². The average molecular weight is 217 g/mol. The van der Waals surface area contributed by atoms with Gasteiger partial charge in [-0.1, -0.05) is 23.7 Å². The van der Waals surface area contributed by atoms with Crippen LogP contribution in [-0.4, -0.2) is 11.5 Å². The van der Waals surface area contributed by atoms with E-state index in [1.54, 1.807) is 0 Å². The van der Waals surface area contributed by atoms with Gasteiger partial charge in [0.05, 0.1) is 10.9 Å². The molecule has 0 heterocycles. The molecule has 0 aliphatic heterocycles. The summed E-state index contributed by atoms with van der Waals surface area (Å²) < 4.78 is 5.73. The third kappa shape index (κ3) is 1.92. The molecule has 1 fully saturated rings. The monoisotopic (exact) mass is 216 g/mol. The zero-order chi connectivity index (χ0) is 9.31. The second-order valence-electron chi connectivity index (χ2n) is 3.35. The maximum absolute atomic E-state index is 5.95. The lowest BCUT2D eigenvalue weighted by Crippen LogP contribution is -2.19. The Morgan fingerprint density at radius 3 is 2.54 bits per heavy atom. The first-order valence-electron chi connectivity index (χ1n) is 4.25. The lowest BCUT2D eigenvalue weighted by atomic mass is 10.3. The largest absolute Gasteiger partial charge is 0.484 e. The summed E-state index contributed by atoms with van der Waals surface area (Å²) in [7, 11) is 0. The molecule has 0 bridgehead atoms. The molecule has 1 aromatic carbocycles. The van der Waals surface area contributed by atoms with Crippen molar-refractivity contribution in [2.45, 2.75) is 18.4 Å². The van der Waals surface area contributed by atoms with Crippen molar-refractivity contribution < 1.29 is 4.74 Å². The van der Waals surface area contributed by atoms with Crippen LogP contribution in [0.1, 0.15) is 12.8 Å². The summed E-state index contributed by atoms with van der Waals surface area (Å²) in [5, 5.41) is 0.652. The van der Waals surface area contributed by atoms with Crippen molar-refractivity contribution in [3.63, 3.8) is 0 Å². The van der Waals surface area contributed by atoms with Crippen LogP contribution in [0.15, 0.2) is 24.3 Å². The van der Waals surface area contributed by atoms with Gasteiger partial charge < -0.3 is 4.74 Å². The maximum atomic E-state index is 5.95. The fourth-order valence-corrected chi connectivity index (χ4v) is 1.66. The maximum Gasteiger partial charge on any atom is 0.138 e. The van der Waals surface area contributed by atoms with Crippen molar-refractivity contribution in [3.05, 3.63) is 29.3 Å². The molecule has 0 saturated heterocycles. The fraction of sp³-hybridized carbons (Fsp3) is 0.400. The summed E-state index contributed by atoms with van der Waals surface area (Å²) in [5.74, 6) is 1.28. The molecular weight excluding hydrogens is 207 g/mol. The van der Waals surface area contributed by atoms with Gasteiger partial charge in [-0.05, 0) is 25.0 Å². The lowest BCUT2D eigenvalue weighted by Gasteiger charge is -2.15. The smallest absolute Gasteiger partial charge is 0.138 e. The van der Waals surface area contributed by atoms with Crippen LogP contribution in [-0.2, 0) is 0 Å². The highest BCUT2D eigenvalue weighted by molar-refractivity contribution is 6.32. The van der Waals surface area contributed by atoms with Gasteiger partial charge >= 0.3 is 0 Å². The summed E-state index contributed by atoms with van der Waals surface area (Å²) in [6, 6.07) is 7.48. The quantitative estimate of drug-likeness (QED) is 0.704. The van der Waals surface area contributed by atoms with Gasteiger partial charge in [-0.25, -0.2) is 0 Å². The van der Waals surface area contributed by atoms with Crippen molar-refractivity contribution >= 4 is 23.2 Å². The SMILES string of the molecule is ClCC1(Oc2ccccc2Cl)CC1. The first-order chi connectivity index (χ1) is 6.26. The number of alkyl halides is 1. The summed E-state index contributed by atoms with van der Waals surface area (Å²) in [4.78, 5) is 0. The van der Waals surface area contributed by atoms with Gasteiger partial charge in [0, 0.05) is 0 Å². The van der Waals surface area contributed by atoms with E-state index in [-0.39, 0.29) is 5.60 Å². The highest BCUT2D eigenvalue weighted by Gasteiger charge is 2.45. The summed E-state index contributed by atoms with van der Waals surface area (Å²) in [6.45, 7) is 0. The van der Waals surface area contributed by atoms with Crippen LogP contribution in [0.5, 0.6) is 5.75 Å². The van der Waals surface area contributed by atoms with E-state index in [4.69, 9.17) is 27.9 Å². The molecule has 0 unspecified atom stereocenters. The van der Waals surface area contributed by atoms with Gasteiger partial charge in [-0.15, -0.1) is 11.6 Å². The van der Waals surface area contributed by atoms with Crippen LogP contribution in [0.25, 0.3) is 0 Å². The Balaban J connectivity index is 2.14. The van der Waals surface area contributed by atoms with Crippen LogP contribution in [0.4, 0.5) is 0 Å². The fourth-order valence-electron chi connectivity index (χ4n) is 1.16. The molecule has 0 aromatic heterocycles. The number of hydrogen-bond donors (Lipinski definition) is 0. The third-order valence-corrected chi connectivity index (χ3v) is 3.01. The van der Waals surface area contributed by atoms with Gasteiger partial charge in [0.25, 0.3) is 0 Å². The Morgan fingerprint density at radius 2 is 2.00 bits per heavy atom. The van der Waals surface area contributed by atoms with Gasteiger partial charge in [-0.2, -0.15) is 0 Å². The third-order valence-electron chi connectivity index (χ3n) is 2.21. The van der Waals surface area contributed by atoms with Gasteiger partial charge in [0.15, 0.2) is 0 Å². The minimum absolute atomic E-state index is 0.132. The Morgan fingerprint density at radius 1 is 1.31 bits per heavy atom. The normalized spacial score (nSPS) is 18.3. The molecule has 13 heavy (non-hydrogen) atoms. The lowest BCUT2D eigenvalue weighted by molar-refractivity contribution is 0.204. The van der Waals surface area contributed by atoms with E-state index in [0.29, 0.717) is 10.9 Å². The summed E-state index contributed by atoms with van der Waals surface area (Å²) in [5.41, 5.74) is -0.132. The highest BCUT2D eigenvalue weighted by atomic mass is 35.5. The molecule has 0 spiro atoms. The topological polar surface area (TPSA) is 9.23 Å². The second kappa shape index (κ2) is 3.39. The molecular formula is C10H10Cl2O. The Labute approximate surface area is 87.6 Å². The standard InChI is InChI=1S/C10H10Cl2O/c11-7-10(5-6-10)13-9-4-2-1-3-8(9)12/h1-4H,5-7H2. The number of ether oxygens (including phenoxy) is 1. The van der Waals surface area contributed by atoms with Crippen molar-refractivity contribution in [2.75, 3.05) is 5.88 Å². The van der Waals surface area contributed by atoms with Crippen LogP contribution in [0, 0.1) is 0 Å². The second-order valence-corrected chi connectivity index (χ2v) is 4.02. The molecule has 1 aliphatic rings. The van der Waals surface area contributed by atoms with E-state index < -0.39 is 0 Å². The zero-order valence-corrected chi connectivity index (χ0v) is 8.61. The minimum atomic E-state index is -0.132. The predicted molar refractivity (Wildman–Crippen MR) is 54.8 cm³/mol. The summed E-state index contributed by atoms with van der Waals surface area (Å²) >= 11 is 11.7. The Kier molecular flexibility index (Phi) is 2.39. The molecule has 2 rings (SSSR count). The van der Waals surface area contributed by atoms with Gasteiger partial charge in [0.1, 0.15) is 11.4 Å². The van der Waals surface area contributed by atoms with Gasteiger partial charge in [-0.3, -0.25) is 0 Å². The van der Waals surface area contributed by atoms with E-state index in [2.05, 4.69) is 0 Å². The molecule has 1 saturated carbocycles. The molecule has 1 nitrogen and oxygen atoms in total. The molecule has 0 N–H and O–H groups in total. The van der Waals surface area contributed by atoms with Crippen molar-refractivity contribution in [1.82, 2.24) is 0 Å². The number of para-hydroxylation sites is 1. The van der Waals surface area contributed by atoms with Crippen LogP contribution < -0.4 is 4.74 Å². The number of rotatable bonds is 3. The first-order valence-corrected chi connectivity index (χ1v) is 5.16. The van der Waals surface area contributed by atoms with Crippen LogP contribution in [0.3, 0.4) is 0 Å². The van der Waals surface area contributed by atoms with Crippen LogP contribution in [0.2, 0.25) is 5.02 Å². The molecule has 1 aliphatic carbocycles. The van der Waals surface area contributed by atoms with E-state index in [0.717, 1.165) is 18.6 Å². The molecule has 0 radical (unpaired) electrons. The Hall–Kier alpha value is -0.400. The van der Waals surface area contributed by atoms with E-state index in [1.165, 1.54) is 0 Å². The van der Waals surface area contributed by atoms with E-state index in [1.807, 2.05) is 24.3 Å². The predicted octanol–water partition coefficient (Wildman–Crippen LogP) is 3.49. The first kappa shape index (κ1) is 9.17. The highest BCUT2D eigenvalue weighted by Crippen LogP contribution is 2.42. The number of hydrogen-bond acceptors (Lipinski definition) is 1. The van der Waals surface area contributed by atoms with Gasteiger partial charge in [0.2, 0.25) is 0 Å². The number of halogens is 2. The number of benzene rings is 1. The molecule has 0 atom stereocenters. The van der Waals surface area contributed by atoms with Crippen LogP contribution >= 0.6 is 23.2 Å². The Bertz CT molecular complexity index is 308. The van der Waals surface area contributed by atoms with E-state index in [9.17, 15) is 0 Å². The average Bonchev–Trinajstić information content (AvgIpc) is 2.90. The minimum Gasteiger partial charge on any atom is -0.484 e. The zero-order valence-electron chi connectivity index (χ0n) is 7.09. The molecule has 0 amide bonds.